The van der Waals surface area contributed by atoms with Crippen LogP contribution in [-0.4, -0.2) is 19.7 Å². The van der Waals surface area contributed by atoms with Gasteiger partial charge in [0, 0.05) is 5.92 Å². The monoisotopic (exact) mass is 270 g/mol. The predicted molar refractivity (Wildman–Crippen MR) is 65.1 cm³/mol. The van der Waals surface area contributed by atoms with E-state index in [0.29, 0.717) is 5.56 Å². The minimum Gasteiger partial charge on any atom is -0.469 e. The predicted octanol–water partition coefficient (Wildman–Crippen LogP) is 3.20. The van der Waals surface area contributed by atoms with Gasteiger partial charge in [0.15, 0.2) is 0 Å². The van der Waals surface area contributed by atoms with E-state index in [4.69, 9.17) is 4.74 Å². The Kier molecular flexibility index (Phi) is 3.47. The summed E-state index contributed by atoms with van der Waals surface area (Å²) in [6.45, 7) is 0.955. The second kappa shape index (κ2) is 4.79. The molecule has 0 saturated heterocycles. The van der Waals surface area contributed by atoms with E-state index < -0.39 is 6.61 Å². The van der Waals surface area contributed by atoms with Gasteiger partial charge in [0.25, 0.3) is 0 Å². The fourth-order valence-electron chi connectivity index (χ4n) is 2.73. The van der Waals surface area contributed by atoms with E-state index in [0.717, 1.165) is 0 Å². The van der Waals surface area contributed by atoms with E-state index in [1.54, 1.807) is 18.2 Å². The Balaban J connectivity index is 2.31. The smallest absolute Gasteiger partial charge is 0.387 e. The quantitative estimate of drug-likeness (QED) is 0.788. The summed E-state index contributed by atoms with van der Waals surface area (Å²) < 4.78 is 34.0. The molecule has 0 aliphatic heterocycles. The van der Waals surface area contributed by atoms with Crippen molar-refractivity contribution in [2.24, 2.45) is 11.3 Å². The lowest BCUT2D eigenvalue weighted by molar-refractivity contribution is -0.143. The molecule has 2 atom stereocenters. The third kappa shape index (κ3) is 2.41. The van der Waals surface area contributed by atoms with Crippen LogP contribution < -0.4 is 4.74 Å². The molecule has 1 aliphatic carbocycles. The normalized spacial score (nSPS) is 24.1. The molecule has 0 bridgehead atoms. The molecular formula is C14H16F2O3. The molecule has 0 heterocycles. The van der Waals surface area contributed by atoms with Crippen LogP contribution in [0.5, 0.6) is 5.75 Å². The number of halogens is 2. The largest absolute Gasteiger partial charge is 0.469 e. The topological polar surface area (TPSA) is 35.5 Å². The van der Waals surface area contributed by atoms with Crippen LogP contribution in [0.3, 0.4) is 0 Å². The van der Waals surface area contributed by atoms with Crippen LogP contribution in [0.15, 0.2) is 24.3 Å². The molecule has 2 rings (SSSR count). The van der Waals surface area contributed by atoms with Crippen LogP contribution in [0.4, 0.5) is 8.78 Å². The highest BCUT2D eigenvalue weighted by atomic mass is 19.3. The second-order valence-corrected chi connectivity index (χ2v) is 5.22. The summed E-state index contributed by atoms with van der Waals surface area (Å²) in [6, 6.07) is 6.58. The Morgan fingerprint density at radius 2 is 1.95 bits per heavy atom. The lowest BCUT2D eigenvalue weighted by atomic mass is 10.0. The molecule has 1 aromatic rings. The van der Waals surface area contributed by atoms with Gasteiger partial charge in [-0.15, -0.1) is 0 Å². The van der Waals surface area contributed by atoms with Crippen LogP contribution in [0.25, 0.3) is 0 Å². The zero-order valence-electron chi connectivity index (χ0n) is 11.0. The Bertz CT molecular complexity index is 485. The maximum atomic E-state index is 12.4. The summed E-state index contributed by atoms with van der Waals surface area (Å²) in [5.74, 6) is -0.668. The first-order chi connectivity index (χ1) is 8.89. The third-order valence-electron chi connectivity index (χ3n) is 3.75. The minimum atomic E-state index is -2.88. The molecule has 1 aliphatic rings. The number of hydrogen-bond acceptors (Lipinski definition) is 3. The minimum absolute atomic E-state index is 0.127. The zero-order valence-corrected chi connectivity index (χ0v) is 11.0. The van der Waals surface area contributed by atoms with Gasteiger partial charge in [0.05, 0.1) is 13.0 Å². The number of methoxy groups -OCH3 is 1. The van der Waals surface area contributed by atoms with Gasteiger partial charge in [0.2, 0.25) is 0 Å². The van der Waals surface area contributed by atoms with Crippen molar-refractivity contribution in [1.82, 2.24) is 0 Å². The van der Waals surface area contributed by atoms with E-state index in [9.17, 15) is 13.6 Å². The molecule has 104 valence electrons. The van der Waals surface area contributed by atoms with Crippen molar-refractivity contribution in [3.05, 3.63) is 29.8 Å². The van der Waals surface area contributed by atoms with Crippen LogP contribution in [-0.2, 0) is 9.53 Å². The molecule has 5 heteroatoms. The molecule has 19 heavy (non-hydrogen) atoms. The van der Waals surface area contributed by atoms with Gasteiger partial charge in [-0.1, -0.05) is 32.0 Å². The number of benzene rings is 1. The molecule has 0 N–H and O–H groups in total. The first kappa shape index (κ1) is 13.8. The summed E-state index contributed by atoms with van der Waals surface area (Å²) in [4.78, 5) is 11.7. The molecule has 1 saturated carbocycles. The number of rotatable bonds is 4. The van der Waals surface area contributed by atoms with Crippen LogP contribution in [0, 0.1) is 11.3 Å². The Hall–Kier alpha value is -1.65. The lowest BCUT2D eigenvalue weighted by Gasteiger charge is -2.11. The van der Waals surface area contributed by atoms with E-state index >= 15 is 0 Å². The maximum absolute atomic E-state index is 12.4. The van der Waals surface area contributed by atoms with Crippen molar-refractivity contribution >= 4 is 5.97 Å². The average Bonchev–Trinajstić information content (AvgIpc) is 2.91. The van der Waals surface area contributed by atoms with E-state index in [-0.39, 0.29) is 29.0 Å². The Morgan fingerprint density at radius 3 is 2.53 bits per heavy atom. The van der Waals surface area contributed by atoms with Crippen molar-refractivity contribution in [3.63, 3.8) is 0 Å². The number of carbonyl (C=O) groups is 1. The van der Waals surface area contributed by atoms with E-state index in [1.165, 1.54) is 13.2 Å². The van der Waals surface area contributed by atoms with Gasteiger partial charge in [-0.3, -0.25) is 4.79 Å². The fourth-order valence-corrected chi connectivity index (χ4v) is 2.73. The van der Waals surface area contributed by atoms with Crippen LogP contribution in [0.1, 0.15) is 25.3 Å². The van der Waals surface area contributed by atoms with Crippen molar-refractivity contribution in [2.45, 2.75) is 26.4 Å². The fraction of sp³-hybridized carbons (Fsp3) is 0.500. The van der Waals surface area contributed by atoms with Gasteiger partial charge in [-0.2, -0.15) is 8.78 Å². The van der Waals surface area contributed by atoms with E-state index in [2.05, 4.69) is 4.74 Å². The van der Waals surface area contributed by atoms with E-state index in [1.807, 2.05) is 13.8 Å². The van der Waals surface area contributed by atoms with Crippen molar-refractivity contribution in [1.29, 1.82) is 0 Å². The molecule has 0 amide bonds. The number of alkyl halides is 2. The van der Waals surface area contributed by atoms with Crippen LogP contribution >= 0.6 is 0 Å². The lowest BCUT2D eigenvalue weighted by Crippen LogP contribution is -2.07. The number of esters is 1. The zero-order chi connectivity index (χ0) is 14.2. The molecule has 1 fully saturated rings. The highest BCUT2D eigenvalue weighted by Crippen LogP contribution is 2.66. The van der Waals surface area contributed by atoms with Gasteiger partial charge >= 0.3 is 12.6 Å². The molecule has 0 spiro atoms. The molecular weight excluding hydrogens is 254 g/mol. The highest BCUT2D eigenvalue weighted by Gasteiger charge is 2.63. The summed E-state index contributed by atoms with van der Waals surface area (Å²) in [5.41, 5.74) is 0.317. The van der Waals surface area contributed by atoms with Gasteiger partial charge < -0.3 is 9.47 Å². The van der Waals surface area contributed by atoms with Gasteiger partial charge in [-0.25, -0.2) is 0 Å². The maximum Gasteiger partial charge on any atom is 0.387 e. The highest BCUT2D eigenvalue weighted by molar-refractivity contribution is 5.79. The average molecular weight is 270 g/mol. The molecule has 2 unspecified atom stereocenters. The van der Waals surface area contributed by atoms with Gasteiger partial charge in [-0.05, 0) is 17.0 Å². The molecule has 0 radical (unpaired) electrons. The number of ether oxygens (including phenoxy) is 2. The molecule has 0 aromatic heterocycles. The summed E-state index contributed by atoms with van der Waals surface area (Å²) >= 11 is 0. The number of para-hydroxylation sites is 1. The Morgan fingerprint density at radius 1 is 1.32 bits per heavy atom. The number of hydrogen-bond donors (Lipinski definition) is 0. The van der Waals surface area contributed by atoms with Gasteiger partial charge in [0.1, 0.15) is 5.75 Å². The summed E-state index contributed by atoms with van der Waals surface area (Å²) in [7, 11) is 1.33. The number of carbonyl (C=O) groups excluding carboxylic acids is 1. The summed E-state index contributed by atoms with van der Waals surface area (Å²) in [6.07, 6.45) is 0. The standard InChI is InChI=1S/C14H16F2O3/c1-14(2)10(11(14)12(17)18-3)8-6-4-5-7-9(8)19-13(15)16/h4-7,10-11,13H,1-3H3. The second-order valence-electron chi connectivity index (χ2n) is 5.22. The van der Waals surface area contributed by atoms with Crippen molar-refractivity contribution in [2.75, 3.05) is 7.11 Å². The van der Waals surface area contributed by atoms with Crippen LogP contribution in [0.2, 0.25) is 0 Å². The third-order valence-corrected chi connectivity index (χ3v) is 3.75. The summed E-state index contributed by atoms with van der Waals surface area (Å²) in [5, 5.41) is 0. The Labute approximate surface area is 110 Å². The molecule has 1 aromatic carbocycles. The SMILES string of the molecule is COC(=O)C1C(c2ccccc2OC(F)F)C1(C)C. The first-order valence-electron chi connectivity index (χ1n) is 6.01. The van der Waals surface area contributed by atoms with Crippen molar-refractivity contribution in [3.8, 4) is 5.75 Å². The molecule has 3 nitrogen and oxygen atoms in total. The first-order valence-corrected chi connectivity index (χ1v) is 6.01. The van der Waals surface area contributed by atoms with Crippen molar-refractivity contribution < 1.29 is 23.0 Å².